The molecule has 4 saturated carbocycles. The highest BCUT2D eigenvalue weighted by molar-refractivity contribution is 6.22. The fourth-order valence-corrected chi connectivity index (χ4v) is 10.6. The Hall–Kier alpha value is -9.64. The molecule has 0 bridgehead atoms. The van der Waals surface area contributed by atoms with Gasteiger partial charge in [0.25, 0.3) is 47.3 Å². The number of hydrazine groups is 1. The maximum absolute atomic E-state index is 13.0. The number of aromatic amines is 2. The number of aromatic nitrogens is 8. The summed E-state index contributed by atoms with van der Waals surface area (Å²) in [6, 6.07) is 16.9. The normalized spacial score (nSPS) is 20.5. The van der Waals surface area contributed by atoms with Crippen molar-refractivity contribution in [3.8, 4) is 0 Å². The van der Waals surface area contributed by atoms with E-state index in [0.29, 0.717) is 78.4 Å². The number of hydrogen-bond acceptors (Lipinski definition) is 20. The average molecular weight is 1340 g/mol. The predicted molar refractivity (Wildman–Crippen MR) is 325 cm³/mol. The molecule has 4 unspecified atom stereocenters. The zero-order chi connectivity index (χ0) is 66.0. The van der Waals surface area contributed by atoms with Crippen molar-refractivity contribution in [3.05, 3.63) is 142 Å². The number of nitrogens with two attached hydrogens (primary N) is 3. The second-order valence-electron chi connectivity index (χ2n) is 22.5. The zero-order valence-corrected chi connectivity index (χ0v) is 48.9. The van der Waals surface area contributed by atoms with Crippen molar-refractivity contribution in [3.63, 3.8) is 0 Å². The van der Waals surface area contributed by atoms with Gasteiger partial charge < -0.3 is 50.2 Å². The quantitative estimate of drug-likeness (QED) is 0.0206. The van der Waals surface area contributed by atoms with Gasteiger partial charge in [0.1, 0.15) is 47.1 Å². The number of nitrogens with one attached hydrogen (secondary N) is 3. The number of ketones is 1. The number of aliphatic hydroxyl groups is 1. The molecule has 95 heavy (non-hydrogen) atoms. The number of H-pyrrole nitrogens is 2. The number of fused-ring (bicyclic) bond motifs is 6. The van der Waals surface area contributed by atoms with Crippen molar-refractivity contribution in [2.24, 2.45) is 41.1 Å². The van der Waals surface area contributed by atoms with E-state index in [1.807, 2.05) is 17.0 Å². The lowest BCUT2D eigenvalue weighted by Gasteiger charge is -2.27. The van der Waals surface area contributed by atoms with Crippen LogP contribution in [-0.2, 0) is 25.9 Å². The Labute approximate surface area is 535 Å². The number of Topliss-reactive ketones (excluding diaryl/α,β-unsaturated/α-hetero) is 1. The smallest absolute Gasteiger partial charge is 0.358 e. The van der Waals surface area contributed by atoms with Gasteiger partial charge in [-0.3, -0.25) is 45.9 Å². The Morgan fingerprint density at radius 2 is 1.01 bits per heavy atom. The van der Waals surface area contributed by atoms with E-state index in [1.165, 1.54) is 12.7 Å². The molecule has 510 valence electrons. The first kappa shape index (κ1) is 72.8. The summed E-state index contributed by atoms with van der Waals surface area (Å²) >= 11 is 0. The van der Waals surface area contributed by atoms with E-state index in [4.69, 9.17) is 25.0 Å². The van der Waals surface area contributed by atoms with Gasteiger partial charge in [0, 0.05) is 112 Å². The van der Waals surface area contributed by atoms with Gasteiger partial charge in [-0.25, -0.2) is 59.9 Å². The Kier molecular flexibility index (Phi) is 22.5. The summed E-state index contributed by atoms with van der Waals surface area (Å²) in [7, 11) is 0. The van der Waals surface area contributed by atoms with Gasteiger partial charge in [0.2, 0.25) is 0 Å². The first-order chi connectivity index (χ1) is 43.9. The molecule has 2 aromatic carbocycles. The molecule has 10 heterocycles. The third-order valence-corrected chi connectivity index (χ3v) is 16.4. The summed E-state index contributed by atoms with van der Waals surface area (Å²) < 4.78 is 109. The van der Waals surface area contributed by atoms with E-state index in [-0.39, 0.29) is 108 Å². The number of rotatable bonds is 11. The molecule has 26 nitrogen and oxygen atoms in total. The van der Waals surface area contributed by atoms with Crippen LogP contribution < -0.4 is 32.5 Å². The molecule has 4 atom stereocenters. The van der Waals surface area contributed by atoms with E-state index in [2.05, 4.69) is 62.1 Å². The minimum Gasteiger partial charge on any atom is -0.476 e. The highest BCUT2D eigenvalue weighted by atomic mass is 19.3. The molecule has 8 aromatic rings. The van der Waals surface area contributed by atoms with Crippen LogP contribution in [0.2, 0.25) is 0 Å². The SMILES string of the molecule is C.C.NCC1CC1(F)F.NN.O.O=C(CCC1CC1(F)F)c1noc2c1CN(c1ncnc3[nH]ccc13)CC2.O=C(O)c1noc2c1CN(c1ncnc3[nH]ccc13)CC2.O=C1NC(=O)c2ccccc21.O=C1c2ccccc2C(=O)N1CC1CC1(F)F.OCC1CC1(F)F. The van der Waals surface area contributed by atoms with E-state index in [0.717, 1.165) is 44.2 Å². The van der Waals surface area contributed by atoms with Crippen molar-refractivity contribution >= 4 is 69.1 Å². The standard InChI is InChI=1S/C18H17F2N5O2.C13H11N5O3.C12H9F2NO2.C8H5NO2.C4H7F2N.C4H6F2O.2CH4.H4N2.H2O/c19-18(20)7-10(18)1-2-13(26)15-12-8-25(6-4-14(12)27-24-15)17-11-3-5-21-16(11)22-9-23-17;19-13(20)10-8-5-18(4-2-9(8)21-17-10)12-7-1-3-14-11(7)15-6-16-12;13-12(14)5-7(12)6-15-10(16)8-3-1-2-4-9(8)11(15)17;10-7-5-3-1-2-4-6(5)8(11)9-7;2*5-4(6)1-3(4)2-7;;;1-2;/h3,5,9-10H,1-2,4,6-8H2,(H,21,22,23);1,3,6H,2,4-5H2,(H,19,20)(H,14,15,16);1-4,7H,5-6H2;1-4H,(H,9,10,11);3H,1-2,7H2;3,7H,1-2H2;2*1H4;1-2H2;1H2. The third-order valence-electron chi connectivity index (χ3n) is 16.4. The van der Waals surface area contributed by atoms with Crippen LogP contribution in [0.1, 0.15) is 138 Å². The highest BCUT2D eigenvalue weighted by Crippen LogP contribution is 2.52. The number of carboxylic acid groups (broad SMARTS) is 1. The summed E-state index contributed by atoms with van der Waals surface area (Å²) in [5.41, 5.74) is 9.59. The van der Waals surface area contributed by atoms with Crippen LogP contribution in [0, 0.1) is 23.7 Å². The van der Waals surface area contributed by atoms with Gasteiger partial charge >= 0.3 is 5.97 Å². The summed E-state index contributed by atoms with van der Waals surface area (Å²) in [6.07, 6.45) is 7.59. The average Bonchev–Trinajstić information content (AvgIpc) is 1.44. The molecular formula is C61H69F8N15O11. The van der Waals surface area contributed by atoms with Gasteiger partial charge in [-0.1, -0.05) is 49.4 Å². The fraction of sp³-hybridized carbons (Fsp3) is 0.410. The predicted octanol–water partition coefficient (Wildman–Crippen LogP) is 7.34. The van der Waals surface area contributed by atoms with Gasteiger partial charge in [-0.2, -0.15) is 0 Å². The number of hydrogen-bond donors (Lipinski definition) is 8. The molecule has 16 rings (SSSR count). The lowest BCUT2D eigenvalue weighted by atomic mass is 10.0. The lowest BCUT2D eigenvalue weighted by molar-refractivity contribution is 0.0580. The first-order valence-electron chi connectivity index (χ1n) is 28.7. The summed E-state index contributed by atoms with van der Waals surface area (Å²) in [5.74, 6) is -4.99. The van der Waals surface area contributed by atoms with Gasteiger partial charge in [0.05, 0.1) is 58.6 Å². The minimum atomic E-state index is -2.71. The minimum absolute atomic E-state index is 0. The number of aliphatic hydroxyl groups excluding tert-OH is 1. The maximum Gasteiger partial charge on any atom is 0.358 e. The van der Waals surface area contributed by atoms with Crippen molar-refractivity contribution in [2.75, 3.05) is 42.6 Å². The van der Waals surface area contributed by atoms with E-state index in [9.17, 15) is 63.9 Å². The van der Waals surface area contributed by atoms with Crippen LogP contribution >= 0.6 is 0 Å². The second-order valence-corrected chi connectivity index (χ2v) is 22.5. The van der Waals surface area contributed by atoms with Crippen molar-refractivity contribution < 1.29 is 88.6 Å². The lowest BCUT2D eigenvalue weighted by Crippen LogP contribution is -2.32. The molecule has 4 fully saturated rings. The second kappa shape index (κ2) is 29.3. The number of imide groups is 2. The van der Waals surface area contributed by atoms with Crippen LogP contribution in [0.4, 0.5) is 46.8 Å². The first-order valence-corrected chi connectivity index (χ1v) is 28.7. The van der Waals surface area contributed by atoms with E-state index in [1.54, 1.807) is 60.9 Å². The number of nitrogens with zero attached hydrogens (tertiary/aromatic N) is 9. The number of carboxylic acids is 1. The number of alkyl halides is 8. The fourth-order valence-electron chi connectivity index (χ4n) is 10.6. The Bertz CT molecular complexity index is 4000. The highest BCUT2D eigenvalue weighted by Gasteiger charge is 2.59. The summed E-state index contributed by atoms with van der Waals surface area (Å²) in [4.78, 5) is 97.4. The number of halogens is 8. The molecule has 34 heteroatoms. The molecule has 4 aliphatic carbocycles. The zero-order valence-electron chi connectivity index (χ0n) is 48.9. The largest absolute Gasteiger partial charge is 0.476 e. The number of benzene rings is 2. The Morgan fingerprint density at radius 1 is 0.600 bits per heavy atom. The molecule has 13 N–H and O–H groups in total. The topological polar surface area (TPSA) is 409 Å². The molecular weight excluding hydrogens is 1270 g/mol. The number of aromatic carboxylic acids is 1. The molecule has 0 radical (unpaired) electrons. The Balaban J connectivity index is 0.000000169. The number of carbonyl (C=O) groups excluding carboxylic acids is 5. The molecule has 0 saturated heterocycles. The van der Waals surface area contributed by atoms with Crippen molar-refractivity contribution in [1.29, 1.82) is 0 Å². The molecule has 6 aromatic heterocycles. The summed E-state index contributed by atoms with van der Waals surface area (Å²) in [5, 5.41) is 28.8. The van der Waals surface area contributed by atoms with Crippen LogP contribution in [0.25, 0.3) is 22.1 Å². The van der Waals surface area contributed by atoms with Crippen LogP contribution in [0.3, 0.4) is 0 Å². The molecule has 4 amide bonds. The van der Waals surface area contributed by atoms with Gasteiger partial charge in [0.15, 0.2) is 17.2 Å². The summed E-state index contributed by atoms with van der Waals surface area (Å²) in [6.45, 7) is 1.81. The van der Waals surface area contributed by atoms with Crippen LogP contribution in [0.15, 0.2) is 94.8 Å². The number of amides is 4. The van der Waals surface area contributed by atoms with Gasteiger partial charge in [-0.05, 0) is 42.8 Å². The molecule has 8 aliphatic rings. The number of anilines is 2. The van der Waals surface area contributed by atoms with E-state index >= 15 is 0 Å². The monoisotopic (exact) mass is 1340 g/mol. The van der Waals surface area contributed by atoms with Crippen molar-refractivity contribution in [1.82, 2.24) is 50.4 Å². The number of carbonyl (C=O) groups is 6. The van der Waals surface area contributed by atoms with Gasteiger partial charge in [-0.15, -0.1) is 0 Å². The van der Waals surface area contributed by atoms with Crippen LogP contribution in [0.5, 0.6) is 0 Å². The van der Waals surface area contributed by atoms with E-state index < -0.39 is 65.1 Å². The van der Waals surface area contributed by atoms with Crippen LogP contribution in [-0.4, -0.2) is 153 Å². The Morgan fingerprint density at radius 3 is 1.39 bits per heavy atom. The molecule has 0 spiro atoms. The third kappa shape index (κ3) is 16.0. The maximum atomic E-state index is 13.0. The molecule has 4 aliphatic heterocycles. The van der Waals surface area contributed by atoms with Crippen molar-refractivity contribution in [2.45, 2.75) is 103 Å².